The number of benzene rings is 1. The van der Waals surface area contributed by atoms with Crippen LogP contribution in [0.5, 0.6) is 0 Å². The van der Waals surface area contributed by atoms with Gasteiger partial charge in [0.05, 0.1) is 12.5 Å². The van der Waals surface area contributed by atoms with Crippen LogP contribution in [0.3, 0.4) is 0 Å². The van der Waals surface area contributed by atoms with Crippen molar-refractivity contribution in [1.82, 2.24) is 5.32 Å². The van der Waals surface area contributed by atoms with Crippen LogP contribution in [0.2, 0.25) is 5.02 Å². The van der Waals surface area contributed by atoms with E-state index < -0.39 is 0 Å². The normalized spacial score (nSPS) is 14.3. The fourth-order valence-electron chi connectivity index (χ4n) is 1.89. The van der Waals surface area contributed by atoms with Gasteiger partial charge in [-0.1, -0.05) is 37.6 Å². The van der Waals surface area contributed by atoms with Gasteiger partial charge in [-0.25, -0.2) is 0 Å². The van der Waals surface area contributed by atoms with Crippen LogP contribution in [0.15, 0.2) is 24.3 Å². The molecule has 0 heterocycles. The molecule has 1 aromatic carbocycles. The lowest BCUT2D eigenvalue weighted by atomic mass is 9.87. The summed E-state index contributed by atoms with van der Waals surface area (Å²) in [7, 11) is 0. The SMILES string of the molecule is CC(CO)NC(=O)C(c1ccc(Cl)cc1)C(C)C. The smallest absolute Gasteiger partial charge is 0.228 e. The summed E-state index contributed by atoms with van der Waals surface area (Å²) >= 11 is 5.85. The molecule has 0 bridgehead atoms. The molecule has 1 aromatic rings. The van der Waals surface area contributed by atoms with Crippen molar-refractivity contribution in [3.8, 4) is 0 Å². The molecule has 100 valence electrons. The van der Waals surface area contributed by atoms with Gasteiger partial charge in [-0.15, -0.1) is 0 Å². The van der Waals surface area contributed by atoms with Crippen molar-refractivity contribution in [2.75, 3.05) is 6.61 Å². The van der Waals surface area contributed by atoms with Crippen molar-refractivity contribution in [2.24, 2.45) is 5.92 Å². The molecule has 2 atom stereocenters. The summed E-state index contributed by atoms with van der Waals surface area (Å²) < 4.78 is 0. The molecule has 1 rings (SSSR count). The van der Waals surface area contributed by atoms with Crippen LogP contribution in [0.4, 0.5) is 0 Å². The van der Waals surface area contributed by atoms with Crippen molar-refractivity contribution < 1.29 is 9.90 Å². The Kier molecular flexibility index (Phi) is 5.63. The molecule has 0 fully saturated rings. The summed E-state index contributed by atoms with van der Waals surface area (Å²) in [5.41, 5.74) is 0.942. The Morgan fingerprint density at radius 1 is 1.28 bits per heavy atom. The molecule has 18 heavy (non-hydrogen) atoms. The second-order valence-electron chi connectivity index (χ2n) is 4.87. The Balaban J connectivity index is 2.89. The first-order valence-electron chi connectivity index (χ1n) is 6.12. The number of halogens is 1. The molecule has 2 unspecified atom stereocenters. The van der Waals surface area contributed by atoms with Crippen molar-refractivity contribution >= 4 is 17.5 Å². The number of aliphatic hydroxyl groups excluding tert-OH is 1. The van der Waals surface area contributed by atoms with Crippen LogP contribution >= 0.6 is 11.6 Å². The number of carbonyl (C=O) groups is 1. The average molecular weight is 270 g/mol. The molecule has 2 N–H and O–H groups in total. The molecular formula is C14H20ClNO2. The number of nitrogens with one attached hydrogen (secondary N) is 1. The first-order chi connectivity index (χ1) is 8.45. The van der Waals surface area contributed by atoms with Gasteiger partial charge < -0.3 is 10.4 Å². The molecule has 0 aromatic heterocycles. The number of rotatable bonds is 5. The monoisotopic (exact) mass is 269 g/mol. The van der Waals surface area contributed by atoms with Crippen molar-refractivity contribution in [3.05, 3.63) is 34.9 Å². The summed E-state index contributed by atoms with van der Waals surface area (Å²) in [6.45, 7) is 5.72. The summed E-state index contributed by atoms with van der Waals surface area (Å²) in [6, 6.07) is 7.09. The first-order valence-corrected chi connectivity index (χ1v) is 6.50. The Hall–Kier alpha value is -1.06. The fourth-order valence-corrected chi connectivity index (χ4v) is 2.01. The van der Waals surface area contributed by atoms with Crippen LogP contribution in [0.1, 0.15) is 32.3 Å². The van der Waals surface area contributed by atoms with E-state index >= 15 is 0 Å². The third-order valence-electron chi connectivity index (χ3n) is 2.84. The van der Waals surface area contributed by atoms with E-state index in [1.165, 1.54) is 0 Å². The zero-order valence-electron chi connectivity index (χ0n) is 11.0. The largest absolute Gasteiger partial charge is 0.394 e. The highest BCUT2D eigenvalue weighted by Crippen LogP contribution is 2.26. The summed E-state index contributed by atoms with van der Waals surface area (Å²) in [5.74, 6) is -0.109. The van der Waals surface area contributed by atoms with E-state index in [4.69, 9.17) is 16.7 Å². The highest BCUT2D eigenvalue weighted by Gasteiger charge is 2.24. The van der Waals surface area contributed by atoms with Crippen LogP contribution in [0.25, 0.3) is 0 Å². The van der Waals surface area contributed by atoms with Crippen LogP contribution in [-0.2, 0) is 4.79 Å². The predicted molar refractivity (Wildman–Crippen MR) is 73.7 cm³/mol. The van der Waals surface area contributed by atoms with Gasteiger partial charge in [-0.2, -0.15) is 0 Å². The summed E-state index contributed by atoms with van der Waals surface area (Å²) in [6.07, 6.45) is 0. The maximum absolute atomic E-state index is 12.2. The highest BCUT2D eigenvalue weighted by molar-refractivity contribution is 6.30. The van der Waals surface area contributed by atoms with Crippen molar-refractivity contribution in [3.63, 3.8) is 0 Å². The predicted octanol–water partition coefficient (Wildman–Crippen LogP) is 2.58. The minimum atomic E-state index is -0.231. The molecule has 0 spiro atoms. The summed E-state index contributed by atoms with van der Waals surface area (Å²) in [5, 5.41) is 12.4. The number of amides is 1. The summed E-state index contributed by atoms with van der Waals surface area (Å²) in [4.78, 5) is 12.2. The van der Waals surface area contributed by atoms with Crippen LogP contribution < -0.4 is 5.32 Å². The molecule has 0 radical (unpaired) electrons. The lowest BCUT2D eigenvalue weighted by Crippen LogP contribution is -2.39. The van der Waals surface area contributed by atoms with E-state index in [0.29, 0.717) is 5.02 Å². The number of aliphatic hydroxyl groups is 1. The van der Waals surface area contributed by atoms with Gasteiger partial charge in [0.15, 0.2) is 0 Å². The molecular weight excluding hydrogens is 250 g/mol. The second kappa shape index (κ2) is 6.76. The molecule has 0 saturated carbocycles. The molecule has 0 aliphatic rings. The van der Waals surface area contributed by atoms with Crippen molar-refractivity contribution in [1.29, 1.82) is 0 Å². The van der Waals surface area contributed by atoms with Gasteiger partial charge in [-0.3, -0.25) is 4.79 Å². The van der Waals surface area contributed by atoms with Gasteiger partial charge in [-0.05, 0) is 30.5 Å². The van der Waals surface area contributed by atoms with E-state index in [-0.39, 0.29) is 30.4 Å². The van der Waals surface area contributed by atoms with E-state index in [2.05, 4.69) is 5.32 Å². The lowest BCUT2D eigenvalue weighted by molar-refractivity contribution is -0.124. The van der Waals surface area contributed by atoms with Gasteiger partial charge in [0, 0.05) is 11.1 Å². The van der Waals surface area contributed by atoms with Gasteiger partial charge in [0.2, 0.25) is 5.91 Å². The quantitative estimate of drug-likeness (QED) is 0.863. The molecule has 1 amide bonds. The fraction of sp³-hybridized carbons (Fsp3) is 0.500. The topological polar surface area (TPSA) is 49.3 Å². The number of hydrogen-bond acceptors (Lipinski definition) is 2. The van der Waals surface area contributed by atoms with E-state index in [0.717, 1.165) is 5.56 Å². The van der Waals surface area contributed by atoms with Gasteiger partial charge >= 0.3 is 0 Å². The van der Waals surface area contributed by atoms with Crippen molar-refractivity contribution in [2.45, 2.75) is 32.7 Å². The Morgan fingerprint density at radius 3 is 2.28 bits per heavy atom. The number of hydrogen-bond donors (Lipinski definition) is 2. The number of carbonyl (C=O) groups excluding carboxylic acids is 1. The zero-order valence-corrected chi connectivity index (χ0v) is 11.7. The standard InChI is InChI=1S/C14H20ClNO2/c1-9(2)13(14(18)16-10(3)8-17)11-4-6-12(15)7-5-11/h4-7,9-10,13,17H,8H2,1-3H3,(H,16,18). The maximum atomic E-state index is 12.2. The maximum Gasteiger partial charge on any atom is 0.228 e. The van der Waals surface area contributed by atoms with E-state index in [1.54, 1.807) is 19.1 Å². The van der Waals surface area contributed by atoms with E-state index in [1.807, 2.05) is 26.0 Å². The highest BCUT2D eigenvalue weighted by atomic mass is 35.5. The first kappa shape index (κ1) is 15.0. The van der Waals surface area contributed by atoms with Crippen LogP contribution in [0, 0.1) is 5.92 Å². The minimum absolute atomic E-state index is 0.0584. The van der Waals surface area contributed by atoms with E-state index in [9.17, 15) is 4.79 Å². The molecule has 0 aliphatic carbocycles. The molecule has 0 saturated heterocycles. The zero-order chi connectivity index (χ0) is 13.7. The van der Waals surface area contributed by atoms with Gasteiger partial charge in [0.25, 0.3) is 0 Å². The minimum Gasteiger partial charge on any atom is -0.394 e. The third kappa shape index (κ3) is 4.00. The molecule has 3 nitrogen and oxygen atoms in total. The third-order valence-corrected chi connectivity index (χ3v) is 3.09. The second-order valence-corrected chi connectivity index (χ2v) is 5.30. The average Bonchev–Trinajstić information content (AvgIpc) is 2.31. The molecule has 4 heteroatoms. The Morgan fingerprint density at radius 2 is 1.83 bits per heavy atom. The Bertz CT molecular complexity index is 389. The Labute approximate surface area is 113 Å². The lowest BCUT2D eigenvalue weighted by Gasteiger charge is -2.22. The van der Waals surface area contributed by atoms with Crippen LogP contribution in [-0.4, -0.2) is 23.7 Å². The van der Waals surface area contributed by atoms with Gasteiger partial charge in [0.1, 0.15) is 0 Å². The molecule has 0 aliphatic heterocycles.